The van der Waals surface area contributed by atoms with Crippen LogP contribution < -0.4 is 5.43 Å². The predicted octanol–water partition coefficient (Wildman–Crippen LogP) is 2.79. The molecule has 2 heterocycles. The van der Waals surface area contributed by atoms with Crippen molar-refractivity contribution in [2.45, 2.75) is 46.1 Å². The number of H-pyrrole nitrogens is 1. The van der Waals surface area contributed by atoms with Gasteiger partial charge >= 0.3 is 0 Å². The lowest BCUT2D eigenvalue weighted by Crippen LogP contribution is -2.14. The number of hydrogen-bond acceptors (Lipinski definition) is 3. The van der Waals surface area contributed by atoms with Crippen molar-refractivity contribution in [1.29, 1.82) is 0 Å². The average Bonchev–Trinajstić information content (AvgIpc) is 3.16. The number of aryl methyl sites for hydroxylation is 1. The van der Waals surface area contributed by atoms with E-state index < -0.39 is 0 Å². The summed E-state index contributed by atoms with van der Waals surface area (Å²) in [6.07, 6.45) is 4.27. The van der Waals surface area contributed by atoms with Gasteiger partial charge in [-0.1, -0.05) is 13.8 Å². The first-order valence-electron chi connectivity index (χ1n) is 8.34. The van der Waals surface area contributed by atoms with Gasteiger partial charge in [-0.2, -0.15) is 5.10 Å². The largest absolute Gasteiger partial charge is 0.359 e. The molecule has 5 heteroatoms. The third-order valence-corrected chi connectivity index (χ3v) is 4.49. The number of aromatic nitrogens is 1. The minimum absolute atomic E-state index is 0.0805. The first kappa shape index (κ1) is 16.0. The molecule has 23 heavy (non-hydrogen) atoms. The van der Waals surface area contributed by atoms with Gasteiger partial charge in [0, 0.05) is 23.9 Å². The Morgan fingerprint density at radius 1 is 1.35 bits per heavy atom. The smallest absolute Gasteiger partial charge is 0.273 e. The van der Waals surface area contributed by atoms with E-state index in [0.717, 1.165) is 36.4 Å². The lowest BCUT2D eigenvalue weighted by atomic mass is 9.95. The van der Waals surface area contributed by atoms with Crippen LogP contribution in [-0.4, -0.2) is 35.6 Å². The van der Waals surface area contributed by atoms with Crippen LogP contribution in [0.4, 0.5) is 0 Å². The summed E-state index contributed by atoms with van der Waals surface area (Å²) in [6, 6.07) is 0. The third kappa shape index (κ3) is 3.11. The molecule has 5 nitrogen and oxygen atoms in total. The number of amides is 1. The second kappa shape index (κ2) is 5.96. The number of rotatable bonds is 5. The van der Waals surface area contributed by atoms with Gasteiger partial charge in [0.1, 0.15) is 0 Å². The molecule has 3 rings (SSSR count). The van der Waals surface area contributed by atoms with Crippen LogP contribution in [0.3, 0.4) is 0 Å². The van der Waals surface area contributed by atoms with Crippen LogP contribution in [0.1, 0.15) is 55.1 Å². The molecule has 0 radical (unpaired) electrons. The Balaban J connectivity index is 2.04. The molecule has 0 atom stereocenters. The van der Waals surface area contributed by atoms with E-state index in [-0.39, 0.29) is 5.91 Å². The van der Waals surface area contributed by atoms with Gasteiger partial charge < -0.3 is 9.88 Å². The molecule has 1 saturated carbocycles. The molecular weight excluding hydrogens is 288 g/mol. The number of hydrogen-bond donors (Lipinski definition) is 2. The molecule has 2 aliphatic rings. The highest BCUT2D eigenvalue weighted by atomic mass is 16.2. The van der Waals surface area contributed by atoms with Crippen LogP contribution in [-0.2, 0) is 11.3 Å². The SMILES string of the molecule is Cc1[nH]c(C=C2C(=O)NN=C2C2CC2)c(C(C)C)c1CN(C)C. The molecule has 0 unspecified atom stereocenters. The van der Waals surface area contributed by atoms with Crippen molar-refractivity contribution in [2.75, 3.05) is 14.1 Å². The van der Waals surface area contributed by atoms with Crippen molar-refractivity contribution in [3.63, 3.8) is 0 Å². The second-order valence-electron chi connectivity index (χ2n) is 7.22. The van der Waals surface area contributed by atoms with Crippen molar-refractivity contribution >= 4 is 17.7 Å². The van der Waals surface area contributed by atoms with Crippen molar-refractivity contribution < 1.29 is 4.79 Å². The van der Waals surface area contributed by atoms with Gasteiger partial charge in [0.25, 0.3) is 5.91 Å². The Morgan fingerprint density at radius 2 is 2.04 bits per heavy atom. The third-order valence-electron chi connectivity index (χ3n) is 4.49. The fourth-order valence-corrected chi connectivity index (χ4v) is 3.30. The minimum Gasteiger partial charge on any atom is -0.359 e. The highest BCUT2D eigenvalue weighted by molar-refractivity contribution is 6.28. The summed E-state index contributed by atoms with van der Waals surface area (Å²) in [6.45, 7) is 7.41. The van der Waals surface area contributed by atoms with E-state index in [2.05, 4.69) is 55.3 Å². The lowest BCUT2D eigenvalue weighted by Gasteiger charge is -2.14. The summed E-state index contributed by atoms with van der Waals surface area (Å²) < 4.78 is 0. The van der Waals surface area contributed by atoms with Crippen molar-refractivity contribution in [1.82, 2.24) is 15.3 Å². The molecule has 0 aromatic carbocycles. The predicted molar refractivity (Wildman–Crippen MR) is 93.3 cm³/mol. The molecular formula is C18H26N4O. The highest BCUT2D eigenvalue weighted by Crippen LogP contribution is 2.36. The first-order chi connectivity index (χ1) is 10.9. The Bertz CT molecular complexity index is 690. The number of aromatic amines is 1. The summed E-state index contributed by atoms with van der Waals surface area (Å²) in [5.74, 6) is 0.774. The zero-order valence-electron chi connectivity index (χ0n) is 14.7. The topological polar surface area (TPSA) is 60.5 Å². The number of carbonyl (C=O) groups is 1. The van der Waals surface area contributed by atoms with Gasteiger partial charge in [0.2, 0.25) is 0 Å². The molecule has 2 N–H and O–H groups in total. The van der Waals surface area contributed by atoms with Gasteiger partial charge in [-0.15, -0.1) is 0 Å². The van der Waals surface area contributed by atoms with Crippen LogP contribution in [0.25, 0.3) is 6.08 Å². The van der Waals surface area contributed by atoms with E-state index >= 15 is 0 Å². The maximum atomic E-state index is 12.2. The summed E-state index contributed by atoms with van der Waals surface area (Å²) in [5.41, 5.74) is 9.15. The van der Waals surface area contributed by atoms with Crippen LogP contribution >= 0.6 is 0 Å². The van der Waals surface area contributed by atoms with E-state index in [4.69, 9.17) is 0 Å². The van der Waals surface area contributed by atoms with Gasteiger partial charge in [0.15, 0.2) is 0 Å². The fourth-order valence-electron chi connectivity index (χ4n) is 3.30. The molecule has 0 bridgehead atoms. The first-order valence-corrected chi connectivity index (χ1v) is 8.34. The van der Waals surface area contributed by atoms with Gasteiger partial charge in [-0.05, 0) is 57.0 Å². The molecule has 0 saturated heterocycles. The van der Waals surface area contributed by atoms with E-state index in [9.17, 15) is 4.79 Å². The van der Waals surface area contributed by atoms with Crippen molar-refractivity contribution in [3.8, 4) is 0 Å². The molecule has 1 aliphatic heterocycles. The zero-order valence-corrected chi connectivity index (χ0v) is 14.7. The molecule has 1 amide bonds. The lowest BCUT2D eigenvalue weighted by molar-refractivity contribution is -0.116. The minimum atomic E-state index is -0.0805. The quantitative estimate of drug-likeness (QED) is 0.821. The fraction of sp³-hybridized carbons (Fsp3) is 0.556. The molecule has 1 aromatic rings. The van der Waals surface area contributed by atoms with Crippen LogP contribution in [0, 0.1) is 12.8 Å². The maximum absolute atomic E-state index is 12.2. The Hall–Kier alpha value is -1.88. The van der Waals surface area contributed by atoms with E-state index in [1.807, 2.05) is 6.08 Å². The molecule has 0 spiro atoms. The highest BCUT2D eigenvalue weighted by Gasteiger charge is 2.36. The van der Waals surface area contributed by atoms with Crippen LogP contribution in [0.2, 0.25) is 0 Å². The van der Waals surface area contributed by atoms with Crippen molar-refractivity contribution in [3.05, 3.63) is 28.1 Å². The summed E-state index contributed by atoms with van der Waals surface area (Å²) in [7, 11) is 4.16. The Morgan fingerprint density at radius 3 is 2.61 bits per heavy atom. The Kier molecular flexibility index (Phi) is 4.15. The Labute approximate surface area is 137 Å². The molecule has 124 valence electrons. The van der Waals surface area contributed by atoms with Crippen molar-refractivity contribution in [2.24, 2.45) is 11.0 Å². The number of nitrogens with zero attached hydrogens (tertiary/aromatic N) is 2. The number of hydrazone groups is 1. The van der Waals surface area contributed by atoms with Gasteiger partial charge in [0.05, 0.1) is 11.3 Å². The molecule has 1 aromatic heterocycles. The molecule has 1 fully saturated rings. The summed E-state index contributed by atoms with van der Waals surface area (Å²) in [4.78, 5) is 17.8. The van der Waals surface area contributed by atoms with E-state index in [1.54, 1.807) is 0 Å². The monoisotopic (exact) mass is 314 g/mol. The standard InChI is InChI=1S/C18H26N4O/c1-10(2)16-14(9-22(4)5)11(3)19-15(16)8-13-17(12-6-7-12)20-21-18(13)23/h8,10,12,19H,6-7,9H2,1-5H3,(H,21,23). The van der Waals surface area contributed by atoms with Gasteiger partial charge in [-0.25, -0.2) is 5.43 Å². The average molecular weight is 314 g/mol. The number of carbonyl (C=O) groups excluding carboxylic acids is 1. The van der Waals surface area contributed by atoms with Crippen LogP contribution in [0.5, 0.6) is 0 Å². The zero-order chi connectivity index (χ0) is 16.7. The van der Waals surface area contributed by atoms with Gasteiger partial charge in [-0.3, -0.25) is 4.79 Å². The summed E-state index contributed by atoms with van der Waals surface area (Å²) in [5, 5.41) is 4.24. The summed E-state index contributed by atoms with van der Waals surface area (Å²) >= 11 is 0. The van der Waals surface area contributed by atoms with E-state index in [1.165, 1.54) is 16.8 Å². The maximum Gasteiger partial charge on any atom is 0.273 e. The number of nitrogens with one attached hydrogen (secondary N) is 2. The normalized spacial score (nSPS) is 19.9. The van der Waals surface area contributed by atoms with E-state index in [0.29, 0.717) is 11.8 Å². The molecule has 1 aliphatic carbocycles. The second-order valence-corrected chi connectivity index (χ2v) is 7.22. The van der Waals surface area contributed by atoms with Crippen LogP contribution in [0.15, 0.2) is 10.7 Å².